The SMILES string of the molecule is C=CCN1C(=O)[C@@](O)([C@@H](C)/C=C/CCn2cc(C(CO)c3ccccc3)nn2)c2cc([N+](=O)[O-])ccc21. The summed E-state index contributed by atoms with van der Waals surface area (Å²) in [7, 11) is 0. The molecule has 2 heterocycles. The van der Waals surface area contributed by atoms with Crippen LogP contribution in [0.1, 0.15) is 36.1 Å². The second-order valence-electron chi connectivity index (χ2n) is 8.99. The molecule has 2 aromatic carbocycles. The predicted octanol–water partition coefficient (Wildman–Crippen LogP) is 3.31. The number of hydrogen-bond donors (Lipinski definition) is 2. The zero-order chi connectivity index (χ0) is 26.6. The minimum absolute atomic E-state index is 0.0881. The molecule has 37 heavy (non-hydrogen) atoms. The molecule has 4 rings (SSSR count). The summed E-state index contributed by atoms with van der Waals surface area (Å²) >= 11 is 0. The Morgan fingerprint density at radius 1 is 1.24 bits per heavy atom. The molecule has 0 aliphatic carbocycles. The number of anilines is 1. The molecule has 0 spiro atoms. The minimum Gasteiger partial charge on any atom is -0.395 e. The molecule has 3 aromatic rings. The van der Waals surface area contributed by atoms with Crippen molar-refractivity contribution in [1.29, 1.82) is 0 Å². The molecule has 0 saturated heterocycles. The molecule has 0 bridgehead atoms. The van der Waals surface area contributed by atoms with E-state index in [0.717, 1.165) is 5.56 Å². The number of aromatic nitrogens is 3. The Bertz CT molecular complexity index is 1320. The minimum atomic E-state index is -1.94. The molecule has 1 amide bonds. The third-order valence-electron chi connectivity index (χ3n) is 6.68. The Balaban J connectivity index is 1.47. The molecule has 192 valence electrons. The lowest BCUT2D eigenvalue weighted by Gasteiger charge is -2.27. The van der Waals surface area contributed by atoms with Gasteiger partial charge in [-0.25, -0.2) is 0 Å². The van der Waals surface area contributed by atoms with Crippen molar-refractivity contribution in [2.75, 3.05) is 18.1 Å². The molecule has 0 fully saturated rings. The van der Waals surface area contributed by atoms with Crippen LogP contribution in [0.15, 0.2) is 79.5 Å². The van der Waals surface area contributed by atoms with E-state index in [1.54, 1.807) is 30.0 Å². The van der Waals surface area contributed by atoms with Crippen LogP contribution in [-0.2, 0) is 16.9 Å². The van der Waals surface area contributed by atoms with E-state index in [0.29, 0.717) is 24.3 Å². The van der Waals surface area contributed by atoms with Crippen LogP contribution in [0.3, 0.4) is 0 Å². The number of amides is 1. The van der Waals surface area contributed by atoms with E-state index in [4.69, 9.17) is 0 Å². The smallest absolute Gasteiger partial charge is 0.269 e. The van der Waals surface area contributed by atoms with E-state index in [-0.39, 0.29) is 30.3 Å². The molecule has 10 nitrogen and oxygen atoms in total. The largest absolute Gasteiger partial charge is 0.395 e. The zero-order valence-electron chi connectivity index (χ0n) is 20.5. The van der Waals surface area contributed by atoms with Crippen molar-refractivity contribution in [1.82, 2.24) is 15.0 Å². The Kier molecular flexibility index (Phi) is 7.61. The fourth-order valence-electron chi connectivity index (χ4n) is 4.64. The number of allylic oxidation sites excluding steroid dienone is 1. The number of fused-ring (bicyclic) bond motifs is 1. The Labute approximate surface area is 214 Å². The summed E-state index contributed by atoms with van der Waals surface area (Å²) in [5.74, 6) is -1.47. The fourth-order valence-corrected chi connectivity index (χ4v) is 4.64. The third kappa shape index (κ3) is 4.93. The van der Waals surface area contributed by atoms with Gasteiger partial charge in [0.25, 0.3) is 11.6 Å². The number of rotatable bonds is 11. The van der Waals surface area contributed by atoms with Gasteiger partial charge in [0, 0.05) is 42.9 Å². The van der Waals surface area contributed by atoms with E-state index in [1.165, 1.54) is 23.1 Å². The van der Waals surface area contributed by atoms with Gasteiger partial charge in [-0.15, -0.1) is 11.7 Å². The first kappa shape index (κ1) is 25.9. The van der Waals surface area contributed by atoms with Crippen LogP contribution in [0.25, 0.3) is 0 Å². The van der Waals surface area contributed by atoms with Gasteiger partial charge in [-0.2, -0.15) is 0 Å². The molecule has 1 aromatic heterocycles. The van der Waals surface area contributed by atoms with Crippen LogP contribution in [0.5, 0.6) is 0 Å². The topological polar surface area (TPSA) is 135 Å². The molecule has 10 heteroatoms. The van der Waals surface area contributed by atoms with Crippen molar-refractivity contribution in [2.24, 2.45) is 5.92 Å². The Morgan fingerprint density at radius 3 is 2.68 bits per heavy atom. The lowest BCUT2D eigenvalue weighted by molar-refractivity contribution is -0.385. The zero-order valence-corrected chi connectivity index (χ0v) is 20.5. The van der Waals surface area contributed by atoms with Crippen molar-refractivity contribution >= 4 is 17.3 Å². The predicted molar refractivity (Wildman–Crippen MR) is 138 cm³/mol. The summed E-state index contributed by atoms with van der Waals surface area (Å²) in [6.45, 7) is 5.96. The van der Waals surface area contributed by atoms with Crippen molar-refractivity contribution in [3.63, 3.8) is 0 Å². The first-order chi connectivity index (χ1) is 17.8. The molecule has 1 aliphatic rings. The van der Waals surface area contributed by atoms with Crippen LogP contribution < -0.4 is 4.90 Å². The van der Waals surface area contributed by atoms with E-state index < -0.39 is 22.3 Å². The lowest BCUT2D eigenvalue weighted by atomic mass is 9.82. The monoisotopic (exact) mass is 503 g/mol. The Morgan fingerprint density at radius 2 is 2.00 bits per heavy atom. The number of benzene rings is 2. The van der Waals surface area contributed by atoms with Crippen LogP contribution in [0.2, 0.25) is 0 Å². The molecule has 1 unspecified atom stereocenters. The molecule has 3 atom stereocenters. The van der Waals surface area contributed by atoms with Gasteiger partial charge in [-0.05, 0) is 18.1 Å². The standard InChI is InChI=1S/C27H29N5O5/c1-3-14-31-25-13-12-21(32(36)37)16-23(25)27(35,26(31)34)19(2)9-7-8-15-30-17-24(28-29-30)22(18-33)20-10-5-4-6-11-20/h3-7,9-13,16-17,19,22,33,35H,1,8,14-15,18H2,2H3/b9-7+/t19-,22?,27+/m0/s1. The first-order valence-corrected chi connectivity index (χ1v) is 12.0. The fraction of sp³-hybridized carbons (Fsp3) is 0.296. The summed E-state index contributed by atoms with van der Waals surface area (Å²) < 4.78 is 1.68. The highest BCUT2D eigenvalue weighted by Crippen LogP contribution is 2.46. The van der Waals surface area contributed by atoms with Crippen LogP contribution in [0.4, 0.5) is 11.4 Å². The first-order valence-electron chi connectivity index (χ1n) is 12.0. The normalized spacial score (nSPS) is 18.7. The summed E-state index contributed by atoms with van der Waals surface area (Å²) in [5.41, 5.74) is 0.127. The number of nitrogens with zero attached hydrogens (tertiary/aromatic N) is 5. The maximum atomic E-state index is 13.2. The van der Waals surface area contributed by atoms with E-state index >= 15 is 0 Å². The van der Waals surface area contributed by atoms with Gasteiger partial charge >= 0.3 is 0 Å². The highest BCUT2D eigenvalue weighted by Gasteiger charge is 2.52. The van der Waals surface area contributed by atoms with E-state index in [9.17, 15) is 25.1 Å². The van der Waals surface area contributed by atoms with Gasteiger partial charge in [-0.3, -0.25) is 19.6 Å². The number of hydrogen-bond acceptors (Lipinski definition) is 7. The number of carbonyl (C=O) groups excluding carboxylic acids is 1. The van der Waals surface area contributed by atoms with Crippen molar-refractivity contribution < 1.29 is 19.9 Å². The summed E-state index contributed by atoms with van der Waals surface area (Å²) in [6, 6.07) is 13.7. The summed E-state index contributed by atoms with van der Waals surface area (Å²) in [5, 5.41) is 41.1. The molecule has 1 aliphatic heterocycles. The molecule has 2 N–H and O–H groups in total. The number of aliphatic hydroxyl groups is 2. The molecule has 0 saturated carbocycles. The van der Waals surface area contributed by atoms with E-state index in [1.807, 2.05) is 36.4 Å². The van der Waals surface area contributed by atoms with Gasteiger partial charge in [0.05, 0.1) is 28.8 Å². The van der Waals surface area contributed by atoms with Gasteiger partial charge in [0.15, 0.2) is 5.60 Å². The lowest BCUT2D eigenvalue weighted by Crippen LogP contribution is -2.44. The maximum Gasteiger partial charge on any atom is 0.269 e. The van der Waals surface area contributed by atoms with Crippen molar-refractivity contribution in [3.05, 3.63) is 106 Å². The van der Waals surface area contributed by atoms with Crippen molar-refractivity contribution in [3.8, 4) is 0 Å². The number of carbonyl (C=O) groups is 1. The highest BCUT2D eigenvalue weighted by atomic mass is 16.6. The molecular weight excluding hydrogens is 474 g/mol. The van der Waals surface area contributed by atoms with Gasteiger partial charge in [-0.1, -0.05) is 60.7 Å². The molecular formula is C27H29N5O5. The maximum absolute atomic E-state index is 13.2. The highest BCUT2D eigenvalue weighted by molar-refractivity contribution is 6.07. The number of non-ortho nitro benzene ring substituents is 1. The quantitative estimate of drug-likeness (QED) is 0.233. The number of nitro groups is 1. The van der Waals surface area contributed by atoms with Gasteiger partial charge in [0.2, 0.25) is 0 Å². The molecule has 0 radical (unpaired) electrons. The average Bonchev–Trinajstić information content (AvgIpc) is 3.45. The third-order valence-corrected chi connectivity index (χ3v) is 6.68. The van der Waals surface area contributed by atoms with Gasteiger partial charge < -0.3 is 15.1 Å². The Hall–Kier alpha value is -4.15. The summed E-state index contributed by atoms with van der Waals surface area (Å²) in [6.07, 6.45) is 7.45. The number of nitro benzene ring substituents is 1. The van der Waals surface area contributed by atoms with E-state index in [2.05, 4.69) is 16.9 Å². The van der Waals surface area contributed by atoms with Crippen molar-refractivity contribution in [2.45, 2.75) is 31.4 Å². The second kappa shape index (κ2) is 10.9. The second-order valence-corrected chi connectivity index (χ2v) is 8.99. The van der Waals surface area contributed by atoms with Crippen LogP contribution in [-0.4, -0.2) is 49.2 Å². The summed E-state index contributed by atoms with van der Waals surface area (Å²) in [4.78, 5) is 25.4. The van der Waals surface area contributed by atoms with Gasteiger partial charge in [0.1, 0.15) is 0 Å². The number of aliphatic hydroxyl groups excluding tert-OH is 1. The average molecular weight is 504 g/mol. The van der Waals surface area contributed by atoms with Crippen LogP contribution >= 0.6 is 0 Å². The van der Waals surface area contributed by atoms with Crippen LogP contribution in [0, 0.1) is 16.0 Å². The number of aryl methyl sites for hydroxylation is 1.